The fourth-order valence-corrected chi connectivity index (χ4v) is 4.90. The maximum absolute atomic E-state index is 13.4. The van der Waals surface area contributed by atoms with E-state index in [2.05, 4.69) is 0 Å². The van der Waals surface area contributed by atoms with E-state index < -0.39 is 28.3 Å². The van der Waals surface area contributed by atoms with Gasteiger partial charge in [-0.15, -0.1) is 0 Å². The highest BCUT2D eigenvalue weighted by atomic mass is 32.2. The monoisotopic (exact) mass is 423 g/mol. The molecule has 0 unspecified atom stereocenters. The van der Waals surface area contributed by atoms with Gasteiger partial charge in [0, 0.05) is 23.8 Å². The van der Waals surface area contributed by atoms with Crippen LogP contribution in [0.25, 0.3) is 0 Å². The predicted octanol–water partition coefficient (Wildman–Crippen LogP) is 3.62. The summed E-state index contributed by atoms with van der Waals surface area (Å²) in [7, 11) is -4.38. The Morgan fingerprint density at radius 3 is 1.97 bits per heavy atom. The molecule has 2 aromatic carbocycles. The second kappa shape index (κ2) is 7.41. The Kier molecular flexibility index (Phi) is 5.17. The summed E-state index contributed by atoms with van der Waals surface area (Å²) in [6.07, 6.45) is 2.11. The molecule has 0 radical (unpaired) electrons. The second-order valence-electron chi connectivity index (χ2n) is 8.63. The average Bonchev–Trinajstić information content (AvgIpc) is 3.22. The predicted molar refractivity (Wildman–Crippen MR) is 118 cm³/mol. The van der Waals surface area contributed by atoms with Crippen LogP contribution in [0.3, 0.4) is 0 Å². The molecule has 0 spiro atoms. The first-order valence-electron chi connectivity index (χ1n) is 10.0. The van der Waals surface area contributed by atoms with Gasteiger partial charge in [0.25, 0.3) is 10.0 Å². The average molecular weight is 423 g/mol. The zero-order chi connectivity index (χ0) is 21.6. The van der Waals surface area contributed by atoms with E-state index in [1.807, 2.05) is 64.1 Å². The molecule has 0 amide bonds. The van der Waals surface area contributed by atoms with Gasteiger partial charge in [-0.05, 0) is 51.5 Å². The zero-order valence-electron chi connectivity index (χ0n) is 17.7. The Labute approximate surface area is 178 Å². The molecule has 1 fully saturated rings. The van der Waals surface area contributed by atoms with Crippen molar-refractivity contribution in [1.29, 1.82) is 0 Å². The number of hydrogen-bond donors (Lipinski definition) is 0. The van der Waals surface area contributed by atoms with E-state index in [9.17, 15) is 8.42 Å². The van der Waals surface area contributed by atoms with Crippen LogP contribution in [0.5, 0.6) is 0 Å². The van der Waals surface area contributed by atoms with Crippen LogP contribution < -0.4 is 5.46 Å². The lowest BCUT2D eigenvalue weighted by atomic mass is 9.81. The molecule has 2 heterocycles. The SMILES string of the molecule is CC1(C)OB(c2cc(Cc3ccccc3)n(S(=O)(=O)c3ccccc3)c2)OC1(C)C. The molecule has 156 valence electrons. The summed E-state index contributed by atoms with van der Waals surface area (Å²) in [6.45, 7) is 7.93. The molecule has 0 aliphatic carbocycles. The molecule has 5 nitrogen and oxygen atoms in total. The Morgan fingerprint density at radius 1 is 0.867 bits per heavy atom. The van der Waals surface area contributed by atoms with Crippen molar-refractivity contribution in [1.82, 2.24) is 3.97 Å². The van der Waals surface area contributed by atoms with Crippen molar-refractivity contribution in [2.75, 3.05) is 0 Å². The van der Waals surface area contributed by atoms with Crippen molar-refractivity contribution in [2.45, 2.75) is 50.2 Å². The van der Waals surface area contributed by atoms with Crippen LogP contribution in [-0.2, 0) is 25.8 Å². The first-order chi connectivity index (χ1) is 14.1. The van der Waals surface area contributed by atoms with Gasteiger partial charge in [0.2, 0.25) is 0 Å². The van der Waals surface area contributed by atoms with E-state index in [0.29, 0.717) is 17.6 Å². The summed E-state index contributed by atoms with van der Waals surface area (Å²) in [6, 6.07) is 20.1. The van der Waals surface area contributed by atoms with Gasteiger partial charge < -0.3 is 9.31 Å². The van der Waals surface area contributed by atoms with Gasteiger partial charge in [0.1, 0.15) is 0 Å². The van der Waals surface area contributed by atoms with Crippen LogP contribution in [0.4, 0.5) is 0 Å². The highest BCUT2D eigenvalue weighted by molar-refractivity contribution is 7.90. The topological polar surface area (TPSA) is 57.5 Å². The summed E-state index contributed by atoms with van der Waals surface area (Å²) in [5, 5.41) is 0. The summed E-state index contributed by atoms with van der Waals surface area (Å²) >= 11 is 0. The molecule has 1 aromatic heterocycles. The van der Waals surface area contributed by atoms with E-state index in [4.69, 9.17) is 9.31 Å². The third kappa shape index (κ3) is 3.73. The molecule has 7 heteroatoms. The molecule has 0 N–H and O–H groups in total. The van der Waals surface area contributed by atoms with Crippen LogP contribution in [0.15, 0.2) is 77.8 Å². The Morgan fingerprint density at radius 2 is 1.40 bits per heavy atom. The smallest absolute Gasteiger partial charge is 0.399 e. The molecule has 0 bridgehead atoms. The lowest BCUT2D eigenvalue weighted by Gasteiger charge is -2.32. The Bertz CT molecular complexity index is 1120. The molecule has 30 heavy (non-hydrogen) atoms. The van der Waals surface area contributed by atoms with Gasteiger partial charge in [0.05, 0.1) is 16.1 Å². The highest BCUT2D eigenvalue weighted by Crippen LogP contribution is 2.36. The van der Waals surface area contributed by atoms with E-state index in [1.165, 1.54) is 3.97 Å². The third-order valence-electron chi connectivity index (χ3n) is 5.94. The summed E-state index contributed by atoms with van der Waals surface area (Å²) in [4.78, 5) is 0.246. The molecule has 4 rings (SSSR count). The van der Waals surface area contributed by atoms with E-state index in [0.717, 1.165) is 5.56 Å². The van der Waals surface area contributed by atoms with Gasteiger partial charge in [-0.1, -0.05) is 48.5 Å². The minimum absolute atomic E-state index is 0.246. The molecule has 1 saturated heterocycles. The van der Waals surface area contributed by atoms with Gasteiger partial charge in [0.15, 0.2) is 0 Å². The lowest BCUT2D eigenvalue weighted by Crippen LogP contribution is -2.41. The summed E-state index contributed by atoms with van der Waals surface area (Å²) in [5.41, 5.74) is 1.38. The molecule has 0 atom stereocenters. The van der Waals surface area contributed by atoms with Crippen molar-refractivity contribution in [2.24, 2.45) is 0 Å². The van der Waals surface area contributed by atoms with Crippen LogP contribution in [0.1, 0.15) is 39.0 Å². The fourth-order valence-electron chi connectivity index (χ4n) is 3.48. The Hall–Kier alpha value is -2.35. The van der Waals surface area contributed by atoms with Crippen molar-refractivity contribution >= 4 is 22.6 Å². The fraction of sp³-hybridized carbons (Fsp3) is 0.304. The van der Waals surface area contributed by atoms with Gasteiger partial charge in [-0.2, -0.15) is 0 Å². The lowest BCUT2D eigenvalue weighted by molar-refractivity contribution is 0.00578. The van der Waals surface area contributed by atoms with E-state index >= 15 is 0 Å². The zero-order valence-corrected chi connectivity index (χ0v) is 18.5. The van der Waals surface area contributed by atoms with Crippen molar-refractivity contribution < 1.29 is 17.7 Å². The number of hydrogen-bond acceptors (Lipinski definition) is 4. The highest BCUT2D eigenvalue weighted by Gasteiger charge is 2.52. The number of aromatic nitrogens is 1. The normalized spacial score (nSPS) is 17.9. The van der Waals surface area contributed by atoms with Gasteiger partial charge >= 0.3 is 7.12 Å². The van der Waals surface area contributed by atoms with Crippen molar-refractivity contribution in [3.8, 4) is 0 Å². The Balaban J connectivity index is 1.79. The molecule has 3 aromatic rings. The largest absolute Gasteiger partial charge is 0.496 e. The molecule has 0 saturated carbocycles. The number of benzene rings is 2. The van der Waals surface area contributed by atoms with Crippen LogP contribution in [0.2, 0.25) is 0 Å². The first-order valence-corrected chi connectivity index (χ1v) is 11.5. The number of nitrogens with zero attached hydrogens (tertiary/aromatic N) is 1. The van der Waals surface area contributed by atoms with E-state index in [1.54, 1.807) is 36.5 Å². The van der Waals surface area contributed by atoms with Crippen molar-refractivity contribution in [3.05, 3.63) is 84.2 Å². The maximum atomic E-state index is 13.4. The quantitative estimate of drug-likeness (QED) is 0.589. The standard InChI is InChI=1S/C23H26BNO4S/c1-22(2)23(3,4)29-24(28-22)19-16-20(15-18-11-7-5-8-12-18)25(17-19)30(26,27)21-13-9-6-10-14-21/h5-14,16-17H,15H2,1-4H3. The molecular formula is C23H26BNO4S. The van der Waals surface area contributed by atoms with Gasteiger partial charge in [-0.3, -0.25) is 0 Å². The van der Waals surface area contributed by atoms with Crippen molar-refractivity contribution in [3.63, 3.8) is 0 Å². The maximum Gasteiger partial charge on any atom is 0.496 e. The molecule has 1 aliphatic rings. The number of rotatable bonds is 5. The second-order valence-corrected chi connectivity index (χ2v) is 10.4. The third-order valence-corrected chi connectivity index (χ3v) is 7.66. The van der Waals surface area contributed by atoms with Gasteiger partial charge in [-0.25, -0.2) is 12.4 Å². The minimum Gasteiger partial charge on any atom is -0.399 e. The summed E-state index contributed by atoms with van der Waals surface area (Å²) in [5.74, 6) is 0. The van der Waals surface area contributed by atoms with Crippen LogP contribution >= 0.6 is 0 Å². The molecular weight excluding hydrogens is 397 g/mol. The summed E-state index contributed by atoms with van der Waals surface area (Å²) < 4.78 is 40.5. The first kappa shape index (κ1) is 20.9. The van der Waals surface area contributed by atoms with E-state index in [-0.39, 0.29) is 4.90 Å². The minimum atomic E-state index is -3.75. The van der Waals surface area contributed by atoms with Crippen LogP contribution in [-0.4, -0.2) is 30.7 Å². The molecule has 1 aliphatic heterocycles. The van der Waals surface area contributed by atoms with Crippen LogP contribution in [0, 0.1) is 0 Å².